The van der Waals surface area contributed by atoms with Crippen molar-refractivity contribution in [3.63, 3.8) is 0 Å². The number of benzene rings is 2. The highest BCUT2D eigenvalue weighted by Gasteiger charge is 2.35. The van der Waals surface area contributed by atoms with Gasteiger partial charge < -0.3 is 19.4 Å². The maximum Gasteiger partial charge on any atom is 0.312 e. The lowest BCUT2D eigenvalue weighted by atomic mass is 9.87. The van der Waals surface area contributed by atoms with Gasteiger partial charge in [-0.3, -0.25) is 14.3 Å². The fourth-order valence-electron chi connectivity index (χ4n) is 3.95. The highest BCUT2D eigenvalue weighted by molar-refractivity contribution is 5.94. The molecule has 0 bridgehead atoms. The molecule has 150 valence electrons. The molecule has 2 aromatic heterocycles. The second kappa shape index (κ2) is 6.48. The van der Waals surface area contributed by atoms with E-state index in [0.717, 1.165) is 5.69 Å². The number of hydrogen-bond acceptors (Lipinski definition) is 7. The zero-order chi connectivity index (χ0) is 21.0. The van der Waals surface area contributed by atoms with Crippen LogP contribution in [0.2, 0.25) is 0 Å². The fraction of sp³-hybridized carbons (Fsp3) is 0.136. The highest BCUT2D eigenvalue weighted by atomic mass is 16.5. The number of aromatic hydroxyl groups is 2. The number of ether oxygens (including phenoxy) is 1. The Hall–Kier alpha value is -4.07. The summed E-state index contributed by atoms with van der Waals surface area (Å²) in [6, 6.07) is 9.16. The number of aromatic nitrogens is 2. The van der Waals surface area contributed by atoms with E-state index < -0.39 is 17.3 Å². The lowest BCUT2D eigenvalue weighted by Crippen LogP contribution is -2.23. The van der Waals surface area contributed by atoms with Crippen molar-refractivity contribution in [3.05, 3.63) is 70.3 Å². The summed E-state index contributed by atoms with van der Waals surface area (Å²) in [5.74, 6) is -1.00. The lowest BCUT2D eigenvalue weighted by Gasteiger charge is -2.25. The molecular weight excluding hydrogens is 388 g/mol. The Labute approximate surface area is 169 Å². The molecule has 5 rings (SSSR count). The molecule has 0 amide bonds. The zero-order valence-corrected chi connectivity index (χ0v) is 15.8. The van der Waals surface area contributed by atoms with E-state index in [4.69, 9.17) is 9.15 Å². The number of phenolic OH excluding ortho intramolecular Hbond substituents is 2. The first-order valence-corrected chi connectivity index (χ1v) is 9.23. The van der Waals surface area contributed by atoms with Gasteiger partial charge in [0.15, 0.2) is 0 Å². The third-order valence-corrected chi connectivity index (χ3v) is 5.36. The molecule has 1 unspecified atom stereocenters. The predicted molar refractivity (Wildman–Crippen MR) is 107 cm³/mol. The van der Waals surface area contributed by atoms with Gasteiger partial charge in [0.1, 0.15) is 34.5 Å². The van der Waals surface area contributed by atoms with E-state index >= 15 is 0 Å². The number of fused-ring (bicyclic) bond motifs is 3. The summed E-state index contributed by atoms with van der Waals surface area (Å²) < 4.78 is 12.8. The van der Waals surface area contributed by atoms with Crippen molar-refractivity contribution in [2.75, 3.05) is 0 Å². The van der Waals surface area contributed by atoms with Crippen molar-refractivity contribution in [2.24, 2.45) is 7.05 Å². The minimum Gasteiger partial charge on any atom is -0.508 e. The van der Waals surface area contributed by atoms with Crippen LogP contribution in [0.4, 0.5) is 0 Å². The first-order chi connectivity index (χ1) is 14.4. The van der Waals surface area contributed by atoms with Gasteiger partial charge in [-0.25, -0.2) is 0 Å². The molecular formula is C22H16N2O6. The van der Waals surface area contributed by atoms with Crippen LogP contribution in [0.15, 0.2) is 58.1 Å². The Morgan fingerprint density at radius 2 is 1.90 bits per heavy atom. The first-order valence-electron chi connectivity index (χ1n) is 9.23. The van der Waals surface area contributed by atoms with Crippen molar-refractivity contribution in [3.8, 4) is 28.4 Å². The van der Waals surface area contributed by atoms with Crippen molar-refractivity contribution in [1.29, 1.82) is 0 Å². The molecule has 8 heteroatoms. The number of rotatable bonds is 2. The Kier molecular flexibility index (Phi) is 3.89. The number of nitrogens with zero attached hydrogens (tertiary/aromatic N) is 2. The number of phenols is 2. The van der Waals surface area contributed by atoms with E-state index in [1.807, 2.05) is 0 Å². The first kappa shape index (κ1) is 18.0. The second-order valence-corrected chi connectivity index (χ2v) is 7.15. The van der Waals surface area contributed by atoms with Crippen LogP contribution in [-0.2, 0) is 11.8 Å². The van der Waals surface area contributed by atoms with Crippen molar-refractivity contribution >= 4 is 16.9 Å². The third-order valence-electron chi connectivity index (χ3n) is 5.36. The molecule has 0 radical (unpaired) electrons. The molecule has 1 aliphatic rings. The summed E-state index contributed by atoms with van der Waals surface area (Å²) in [7, 11) is 1.76. The maximum absolute atomic E-state index is 13.2. The minimum absolute atomic E-state index is 0.00411. The molecule has 2 N–H and O–H groups in total. The van der Waals surface area contributed by atoms with Crippen LogP contribution in [0.5, 0.6) is 17.2 Å². The summed E-state index contributed by atoms with van der Waals surface area (Å²) in [5, 5.41) is 24.2. The van der Waals surface area contributed by atoms with E-state index in [-0.39, 0.29) is 40.2 Å². The minimum atomic E-state index is -0.449. The van der Waals surface area contributed by atoms with E-state index in [9.17, 15) is 19.8 Å². The number of carbonyl (C=O) groups is 1. The number of hydrogen-bond donors (Lipinski definition) is 2. The largest absolute Gasteiger partial charge is 0.508 e. The fourth-order valence-corrected chi connectivity index (χ4v) is 3.95. The van der Waals surface area contributed by atoms with Gasteiger partial charge >= 0.3 is 5.97 Å². The molecule has 8 nitrogen and oxygen atoms in total. The van der Waals surface area contributed by atoms with Crippen LogP contribution < -0.4 is 10.2 Å². The van der Waals surface area contributed by atoms with Crippen molar-refractivity contribution in [2.45, 2.75) is 12.3 Å². The maximum atomic E-state index is 13.2. The average molecular weight is 404 g/mol. The molecule has 0 aliphatic carbocycles. The van der Waals surface area contributed by atoms with Gasteiger partial charge in [0, 0.05) is 36.5 Å². The van der Waals surface area contributed by atoms with Gasteiger partial charge in [-0.15, -0.1) is 0 Å². The molecule has 2 aromatic carbocycles. The summed E-state index contributed by atoms with van der Waals surface area (Å²) in [4.78, 5) is 25.4. The normalized spacial score (nSPS) is 15.8. The Morgan fingerprint density at radius 3 is 2.60 bits per heavy atom. The SMILES string of the molecule is Cn1nccc1C1CC(=O)Oc2cc(O)c3c(=O)c(-c4ccc(O)cc4)coc3c21. The summed E-state index contributed by atoms with van der Waals surface area (Å²) in [6.07, 6.45) is 2.99. The Bertz CT molecular complexity index is 1370. The monoisotopic (exact) mass is 404 g/mol. The molecule has 1 aliphatic heterocycles. The topological polar surface area (TPSA) is 115 Å². The molecule has 30 heavy (non-hydrogen) atoms. The molecule has 0 spiro atoms. The van der Waals surface area contributed by atoms with Gasteiger partial charge in [0.25, 0.3) is 0 Å². The predicted octanol–water partition coefficient (Wildman–Crippen LogP) is 3.05. The van der Waals surface area contributed by atoms with E-state index in [1.165, 1.54) is 24.5 Å². The Balaban J connectivity index is 1.80. The molecule has 1 atom stereocenters. The lowest BCUT2D eigenvalue weighted by molar-refractivity contribution is -0.135. The Morgan fingerprint density at radius 1 is 1.13 bits per heavy atom. The molecule has 0 fully saturated rings. The third kappa shape index (κ3) is 2.65. The standard InChI is InChI=1S/C22H16N2O6/c1-24-15(6-7-23-24)13-8-18(27)30-17-9-16(26)20-21(28)14(10-29-22(20)19(13)17)11-2-4-12(25)5-3-11/h2-7,9-10,13,25-26H,8H2,1H3. The van der Waals surface area contributed by atoms with E-state index in [1.54, 1.807) is 36.1 Å². The highest BCUT2D eigenvalue weighted by Crippen LogP contribution is 2.45. The second-order valence-electron chi connectivity index (χ2n) is 7.15. The number of carbonyl (C=O) groups excluding carboxylic acids is 1. The zero-order valence-electron chi connectivity index (χ0n) is 15.8. The summed E-state index contributed by atoms with van der Waals surface area (Å²) >= 11 is 0. The van der Waals surface area contributed by atoms with Crippen LogP contribution >= 0.6 is 0 Å². The average Bonchev–Trinajstić information content (AvgIpc) is 3.14. The van der Waals surface area contributed by atoms with Crippen molar-refractivity contribution in [1.82, 2.24) is 9.78 Å². The number of aryl methyl sites for hydroxylation is 1. The molecule has 3 heterocycles. The van der Waals surface area contributed by atoms with Crippen LogP contribution in [0, 0.1) is 0 Å². The molecule has 4 aromatic rings. The van der Waals surface area contributed by atoms with Crippen LogP contribution in [0.1, 0.15) is 23.6 Å². The smallest absolute Gasteiger partial charge is 0.312 e. The van der Waals surface area contributed by atoms with Crippen molar-refractivity contribution < 1.29 is 24.2 Å². The quantitative estimate of drug-likeness (QED) is 0.390. The van der Waals surface area contributed by atoms with Gasteiger partial charge in [0.2, 0.25) is 5.43 Å². The van der Waals surface area contributed by atoms with Crippen LogP contribution in [0.25, 0.3) is 22.1 Å². The molecule has 0 saturated carbocycles. The van der Waals surface area contributed by atoms with E-state index in [2.05, 4.69) is 5.10 Å². The van der Waals surface area contributed by atoms with Gasteiger partial charge in [0.05, 0.1) is 12.0 Å². The van der Waals surface area contributed by atoms with Crippen LogP contribution in [-0.4, -0.2) is 26.0 Å². The van der Waals surface area contributed by atoms with Gasteiger partial charge in [-0.1, -0.05) is 12.1 Å². The van der Waals surface area contributed by atoms with Gasteiger partial charge in [-0.05, 0) is 23.8 Å². The number of esters is 1. The van der Waals surface area contributed by atoms with Gasteiger partial charge in [-0.2, -0.15) is 5.10 Å². The van der Waals surface area contributed by atoms with Crippen LogP contribution in [0.3, 0.4) is 0 Å². The summed E-state index contributed by atoms with van der Waals surface area (Å²) in [5.41, 5.74) is 1.78. The van der Waals surface area contributed by atoms with E-state index in [0.29, 0.717) is 11.1 Å². The molecule has 0 saturated heterocycles. The summed E-state index contributed by atoms with van der Waals surface area (Å²) in [6.45, 7) is 0.